The van der Waals surface area contributed by atoms with E-state index in [0.717, 1.165) is 52.4 Å². The van der Waals surface area contributed by atoms with Gasteiger partial charge in [0.05, 0.1) is 31.9 Å². The maximum Gasteiger partial charge on any atom is 0.162 e. The van der Waals surface area contributed by atoms with Crippen molar-refractivity contribution in [3.63, 3.8) is 0 Å². The molecule has 0 aliphatic carbocycles. The highest BCUT2D eigenvalue weighted by Gasteiger charge is 2.27. The average Bonchev–Trinajstić information content (AvgIpc) is 2.98. The minimum atomic E-state index is 0.0579. The van der Waals surface area contributed by atoms with Crippen molar-refractivity contribution in [1.82, 2.24) is 4.57 Å². The number of ketones is 1. The highest BCUT2D eigenvalue weighted by atomic mass is 16.5. The second-order valence-corrected chi connectivity index (χ2v) is 7.37. The van der Waals surface area contributed by atoms with Crippen molar-refractivity contribution >= 4 is 22.4 Å². The monoisotopic (exact) mass is 394 g/mol. The fourth-order valence-electron chi connectivity index (χ4n) is 4.09. The first-order valence-electron chi connectivity index (χ1n) is 9.81. The Kier molecular flexibility index (Phi) is 5.30. The van der Waals surface area contributed by atoms with E-state index in [1.54, 1.807) is 14.0 Å². The summed E-state index contributed by atoms with van der Waals surface area (Å²) in [6.07, 6.45) is 0.183. The van der Waals surface area contributed by atoms with Crippen LogP contribution in [0.15, 0.2) is 42.5 Å². The predicted octanol–water partition coefficient (Wildman–Crippen LogP) is 3.35. The number of aliphatic hydroxyl groups is 1. The lowest BCUT2D eigenvalue weighted by atomic mass is 10.1. The van der Waals surface area contributed by atoms with E-state index in [2.05, 4.69) is 33.7 Å². The molecular formula is C23H26N2O4. The predicted molar refractivity (Wildman–Crippen MR) is 114 cm³/mol. The van der Waals surface area contributed by atoms with Gasteiger partial charge in [-0.2, -0.15) is 0 Å². The van der Waals surface area contributed by atoms with Gasteiger partial charge in [-0.3, -0.25) is 4.79 Å². The molecule has 6 nitrogen and oxygen atoms in total. The molecule has 6 heteroatoms. The molecule has 3 aromatic rings. The molecule has 0 amide bonds. The third kappa shape index (κ3) is 3.50. The van der Waals surface area contributed by atoms with Gasteiger partial charge >= 0.3 is 0 Å². The van der Waals surface area contributed by atoms with Gasteiger partial charge in [-0.05, 0) is 50.2 Å². The Bertz CT molecular complexity index is 1030. The molecule has 0 spiro atoms. The number of aliphatic hydroxyl groups excluding tert-OH is 1. The lowest BCUT2D eigenvalue weighted by Gasteiger charge is -2.40. The lowest BCUT2D eigenvalue weighted by Crippen LogP contribution is -2.52. The summed E-state index contributed by atoms with van der Waals surface area (Å²) in [7, 11) is 1.65. The number of aromatic nitrogens is 1. The number of Topliss-reactive ketones (excluding diaryl/α,β-unsaturated/α-hetero) is 1. The first kappa shape index (κ1) is 19.5. The van der Waals surface area contributed by atoms with Crippen LogP contribution in [0.2, 0.25) is 0 Å². The summed E-state index contributed by atoms with van der Waals surface area (Å²) in [6.45, 7) is 5.70. The molecule has 0 atom stereocenters. The molecule has 1 aliphatic rings. The van der Waals surface area contributed by atoms with Gasteiger partial charge in [0.15, 0.2) is 5.78 Å². The van der Waals surface area contributed by atoms with Crippen LogP contribution in [0, 0.1) is 6.92 Å². The van der Waals surface area contributed by atoms with E-state index >= 15 is 0 Å². The zero-order chi connectivity index (χ0) is 20.5. The molecule has 0 saturated carbocycles. The number of carbonyl (C=O) groups excluding carboxylic acids is 1. The second kappa shape index (κ2) is 7.89. The molecule has 4 rings (SSSR count). The number of carbonyl (C=O) groups is 1. The van der Waals surface area contributed by atoms with Crippen molar-refractivity contribution in [2.24, 2.45) is 0 Å². The van der Waals surface area contributed by atoms with Crippen LogP contribution in [-0.4, -0.2) is 55.0 Å². The van der Waals surface area contributed by atoms with Crippen molar-refractivity contribution in [1.29, 1.82) is 0 Å². The van der Waals surface area contributed by atoms with Crippen molar-refractivity contribution in [3.8, 4) is 11.4 Å². The standard InChI is InChI=1S/C23H26N2O4/c1-15-23(16(2)27)21-9-8-19(28-3)12-22(21)25(15)18-6-4-17(5-7-18)24-13-20(14-24)29-11-10-26/h4-9,12,20,26H,10-11,13-14H2,1-3H3. The third-order valence-electron chi connectivity index (χ3n) is 5.53. The first-order valence-corrected chi connectivity index (χ1v) is 9.81. The molecule has 1 N–H and O–H groups in total. The molecule has 2 heterocycles. The maximum absolute atomic E-state index is 12.3. The van der Waals surface area contributed by atoms with E-state index in [4.69, 9.17) is 14.6 Å². The minimum absolute atomic E-state index is 0.0579. The second-order valence-electron chi connectivity index (χ2n) is 7.37. The molecule has 0 unspecified atom stereocenters. The normalized spacial score (nSPS) is 14.3. The van der Waals surface area contributed by atoms with Crippen LogP contribution in [0.3, 0.4) is 0 Å². The van der Waals surface area contributed by atoms with Gasteiger partial charge in [0.1, 0.15) is 5.75 Å². The third-order valence-corrected chi connectivity index (χ3v) is 5.53. The van der Waals surface area contributed by atoms with Crippen LogP contribution in [0.25, 0.3) is 16.6 Å². The van der Waals surface area contributed by atoms with Crippen LogP contribution in [0.4, 0.5) is 5.69 Å². The van der Waals surface area contributed by atoms with E-state index in [-0.39, 0.29) is 18.5 Å². The number of anilines is 1. The van der Waals surface area contributed by atoms with Crippen LogP contribution >= 0.6 is 0 Å². The number of benzene rings is 2. The number of rotatable bonds is 7. The zero-order valence-corrected chi connectivity index (χ0v) is 17.0. The molecule has 152 valence electrons. The van der Waals surface area contributed by atoms with Gasteiger partial charge in [-0.1, -0.05) is 0 Å². The van der Waals surface area contributed by atoms with Crippen molar-refractivity contribution in [2.45, 2.75) is 20.0 Å². The quantitative estimate of drug-likeness (QED) is 0.623. The lowest BCUT2D eigenvalue weighted by molar-refractivity contribution is 0.0135. The van der Waals surface area contributed by atoms with E-state index in [9.17, 15) is 4.79 Å². The average molecular weight is 394 g/mol. The summed E-state index contributed by atoms with van der Waals surface area (Å²) < 4.78 is 13.1. The number of fused-ring (bicyclic) bond motifs is 1. The number of hydrogen-bond acceptors (Lipinski definition) is 5. The van der Waals surface area contributed by atoms with E-state index in [1.807, 2.05) is 25.1 Å². The van der Waals surface area contributed by atoms with E-state index < -0.39 is 0 Å². The summed E-state index contributed by atoms with van der Waals surface area (Å²) in [4.78, 5) is 14.5. The van der Waals surface area contributed by atoms with E-state index in [1.165, 1.54) is 0 Å². The Balaban J connectivity index is 1.66. The highest BCUT2D eigenvalue weighted by Crippen LogP contribution is 2.33. The van der Waals surface area contributed by atoms with Crippen molar-refractivity contribution in [3.05, 3.63) is 53.7 Å². The van der Waals surface area contributed by atoms with Crippen LogP contribution in [-0.2, 0) is 4.74 Å². The summed E-state index contributed by atoms with van der Waals surface area (Å²) in [6, 6.07) is 14.2. The number of methoxy groups -OCH3 is 1. The van der Waals surface area contributed by atoms with Crippen molar-refractivity contribution in [2.75, 3.05) is 38.3 Å². The Labute approximate surface area is 170 Å². The molecule has 1 saturated heterocycles. The molecule has 29 heavy (non-hydrogen) atoms. The Morgan fingerprint density at radius 2 is 1.83 bits per heavy atom. The molecule has 2 aromatic carbocycles. The topological polar surface area (TPSA) is 63.9 Å². The fraction of sp³-hybridized carbons (Fsp3) is 0.348. The maximum atomic E-state index is 12.3. The van der Waals surface area contributed by atoms with Crippen LogP contribution in [0.5, 0.6) is 5.75 Å². The molecule has 1 aromatic heterocycles. The summed E-state index contributed by atoms with van der Waals surface area (Å²) in [5, 5.41) is 9.79. The fourth-order valence-corrected chi connectivity index (χ4v) is 4.09. The van der Waals surface area contributed by atoms with Crippen molar-refractivity contribution < 1.29 is 19.4 Å². The van der Waals surface area contributed by atoms with E-state index in [0.29, 0.717) is 6.61 Å². The van der Waals surface area contributed by atoms with Gasteiger partial charge < -0.3 is 24.0 Å². The van der Waals surface area contributed by atoms with Gasteiger partial charge in [-0.15, -0.1) is 0 Å². The number of nitrogens with zero attached hydrogens (tertiary/aromatic N) is 2. The number of hydrogen-bond donors (Lipinski definition) is 1. The Hall–Kier alpha value is -2.83. The molecule has 0 radical (unpaired) electrons. The summed E-state index contributed by atoms with van der Waals surface area (Å²) in [5.74, 6) is 0.819. The molecule has 1 aliphatic heterocycles. The Morgan fingerprint density at radius 3 is 2.45 bits per heavy atom. The summed E-state index contributed by atoms with van der Waals surface area (Å²) in [5.41, 5.74) is 4.77. The number of ether oxygens (including phenoxy) is 2. The highest BCUT2D eigenvalue weighted by molar-refractivity contribution is 6.09. The van der Waals surface area contributed by atoms with Crippen LogP contribution < -0.4 is 9.64 Å². The molecule has 0 bridgehead atoms. The molecular weight excluding hydrogens is 368 g/mol. The van der Waals surface area contributed by atoms with Gasteiger partial charge in [-0.25, -0.2) is 0 Å². The van der Waals surface area contributed by atoms with Gasteiger partial charge in [0.25, 0.3) is 0 Å². The molecule has 1 fully saturated rings. The Morgan fingerprint density at radius 1 is 1.14 bits per heavy atom. The SMILES string of the molecule is COc1ccc2c(C(C)=O)c(C)n(-c3ccc(N4CC(OCCO)C4)cc3)c2c1. The largest absolute Gasteiger partial charge is 0.497 e. The van der Waals surface area contributed by atoms with Gasteiger partial charge in [0.2, 0.25) is 0 Å². The van der Waals surface area contributed by atoms with Crippen LogP contribution in [0.1, 0.15) is 23.0 Å². The van der Waals surface area contributed by atoms with Gasteiger partial charge in [0, 0.05) is 47.2 Å². The minimum Gasteiger partial charge on any atom is -0.497 e. The first-order chi connectivity index (χ1) is 14.0. The smallest absolute Gasteiger partial charge is 0.162 e. The summed E-state index contributed by atoms with van der Waals surface area (Å²) >= 11 is 0. The zero-order valence-electron chi connectivity index (χ0n) is 17.0.